The maximum atomic E-state index is 13.5. The highest BCUT2D eigenvalue weighted by molar-refractivity contribution is 7.10. The van der Waals surface area contributed by atoms with Crippen molar-refractivity contribution < 1.29 is 14.0 Å². The fraction of sp³-hybridized carbons (Fsp3) is 0.391. The summed E-state index contributed by atoms with van der Waals surface area (Å²) < 4.78 is 13.5. The smallest absolute Gasteiger partial charge is 0.243 e. The van der Waals surface area contributed by atoms with Crippen LogP contribution in [0.4, 0.5) is 4.39 Å². The number of carbonyl (C=O) groups is 2. The predicted octanol–water partition coefficient (Wildman–Crippen LogP) is 4.42. The van der Waals surface area contributed by atoms with Crippen LogP contribution in [-0.4, -0.2) is 41.2 Å². The van der Waals surface area contributed by atoms with Crippen molar-refractivity contribution in [3.63, 3.8) is 0 Å². The Kier molecular flexibility index (Phi) is 6.85. The van der Waals surface area contributed by atoms with Crippen LogP contribution < -0.4 is 0 Å². The van der Waals surface area contributed by atoms with Gasteiger partial charge in [-0.25, -0.2) is 4.39 Å². The van der Waals surface area contributed by atoms with Crippen LogP contribution in [0.25, 0.3) is 0 Å². The van der Waals surface area contributed by atoms with Gasteiger partial charge in [-0.2, -0.15) is 0 Å². The van der Waals surface area contributed by atoms with Crippen molar-refractivity contribution in [3.05, 3.63) is 70.2 Å². The van der Waals surface area contributed by atoms with E-state index >= 15 is 0 Å². The van der Waals surface area contributed by atoms with Crippen molar-refractivity contribution in [2.24, 2.45) is 5.92 Å². The molecule has 3 rings (SSSR count). The molecule has 6 heteroatoms. The van der Waals surface area contributed by atoms with E-state index in [0.29, 0.717) is 19.5 Å². The molecule has 1 aliphatic rings. The molecule has 1 atom stereocenters. The lowest BCUT2D eigenvalue weighted by Gasteiger charge is -2.37. The second kappa shape index (κ2) is 9.35. The van der Waals surface area contributed by atoms with Crippen LogP contribution in [0.5, 0.6) is 0 Å². The quantitative estimate of drug-likeness (QED) is 0.629. The first-order chi connectivity index (χ1) is 13.9. The lowest BCUT2D eigenvalue weighted by Crippen LogP contribution is -2.47. The maximum Gasteiger partial charge on any atom is 0.243 e. The highest BCUT2D eigenvalue weighted by atomic mass is 32.1. The van der Waals surface area contributed by atoms with Gasteiger partial charge in [0.2, 0.25) is 11.8 Å². The molecule has 0 fully saturated rings. The van der Waals surface area contributed by atoms with Gasteiger partial charge in [-0.05, 0) is 47.0 Å². The summed E-state index contributed by atoms with van der Waals surface area (Å²) in [6.07, 6.45) is 2.84. The zero-order valence-corrected chi connectivity index (χ0v) is 17.8. The molecule has 29 heavy (non-hydrogen) atoms. The number of nitrogens with zero attached hydrogens (tertiary/aromatic N) is 2. The van der Waals surface area contributed by atoms with E-state index in [1.165, 1.54) is 17.0 Å². The van der Waals surface area contributed by atoms with Gasteiger partial charge >= 0.3 is 0 Å². The maximum absolute atomic E-state index is 13.5. The Labute approximate surface area is 175 Å². The molecule has 0 radical (unpaired) electrons. The summed E-state index contributed by atoms with van der Waals surface area (Å²) in [5.74, 6) is -0.223. The highest BCUT2D eigenvalue weighted by Gasteiger charge is 2.33. The Hall–Kier alpha value is -2.47. The third kappa shape index (κ3) is 4.93. The summed E-state index contributed by atoms with van der Waals surface area (Å²) in [5, 5.41) is 2.03. The molecule has 154 valence electrons. The minimum atomic E-state index is -0.301. The molecule has 1 unspecified atom stereocenters. The standard InChI is InChI=1S/C23H27FN2O2S/c1-4-11-25(21(27)14-16(2)3)15-22(28)26-12-9-20-19(10-13-29-20)23(26)17-5-7-18(24)8-6-17/h4-8,10,13,16,23H,1,9,11-12,14-15H2,2-3H3. The monoisotopic (exact) mass is 414 g/mol. The first kappa shape index (κ1) is 21.2. The second-order valence-electron chi connectivity index (χ2n) is 7.75. The van der Waals surface area contributed by atoms with Crippen LogP contribution >= 0.6 is 11.3 Å². The zero-order chi connectivity index (χ0) is 21.0. The van der Waals surface area contributed by atoms with E-state index in [1.54, 1.807) is 34.4 Å². The Morgan fingerprint density at radius 2 is 2.03 bits per heavy atom. The van der Waals surface area contributed by atoms with Gasteiger partial charge in [0.1, 0.15) is 12.4 Å². The van der Waals surface area contributed by atoms with Crippen molar-refractivity contribution >= 4 is 23.2 Å². The number of halogens is 1. The molecule has 2 amide bonds. The molecular formula is C23H27FN2O2S. The van der Waals surface area contributed by atoms with E-state index in [9.17, 15) is 14.0 Å². The van der Waals surface area contributed by atoms with Crippen LogP contribution in [0.3, 0.4) is 0 Å². The number of carbonyl (C=O) groups excluding carboxylic acids is 2. The van der Waals surface area contributed by atoms with Gasteiger partial charge in [0.25, 0.3) is 0 Å². The number of fused-ring (bicyclic) bond motifs is 1. The number of hydrogen-bond acceptors (Lipinski definition) is 3. The van der Waals surface area contributed by atoms with Crippen molar-refractivity contribution in [2.45, 2.75) is 32.7 Å². The van der Waals surface area contributed by atoms with Crippen molar-refractivity contribution in [2.75, 3.05) is 19.6 Å². The third-order valence-corrected chi connectivity index (χ3v) is 6.08. The molecule has 1 aromatic heterocycles. The summed E-state index contributed by atoms with van der Waals surface area (Å²) in [6.45, 7) is 8.64. The first-order valence-corrected chi connectivity index (χ1v) is 10.8. The average molecular weight is 415 g/mol. The van der Waals surface area contributed by atoms with E-state index in [4.69, 9.17) is 0 Å². The summed E-state index contributed by atoms with van der Waals surface area (Å²) >= 11 is 1.68. The number of rotatable bonds is 7. The van der Waals surface area contributed by atoms with Gasteiger partial charge in [0.05, 0.1) is 6.04 Å². The van der Waals surface area contributed by atoms with Crippen LogP contribution in [-0.2, 0) is 16.0 Å². The van der Waals surface area contributed by atoms with Crippen LogP contribution in [0.1, 0.15) is 42.3 Å². The molecule has 1 aliphatic heterocycles. The molecule has 0 spiro atoms. The number of benzene rings is 1. The Bertz CT molecular complexity index is 875. The Morgan fingerprint density at radius 1 is 1.31 bits per heavy atom. The normalized spacial score (nSPS) is 15.9. The zero-order valence-electron chi connectivity index (χ0n) is 16.9. The molecule has 2 heterocycles. The minimum absolute atomic E-state index is 0.0226. The van der Waals surface area contributed by atoms with Gasteiger partial charge < -0.3 is 9.80 Å². The molecule has 0 aliphatic carbocycles. The fourth-order valence-corrected chi connectivity index (χ4v) is 4.64. The molecule has 2 aromatic rings. The van der Waals surface area contributed by atoms with Crippen molar-refractivity contribution in [3.8, 4) is 0 Å². The van der Waals surface area contributed by atoms with Gasteiger partial charge in [-0.3, -0.25) is 9.59 Å². The number of amides is 2. The Balaban J connectivity index is 1.86. The van der Waals surface area contributed by atoms with Gasteiger partial charge in [0.15, 0.2) is 0 Å². The van der Waals surface area contributed by atoms with Crippen LogP contribution in [0.2, 0.25) is 0 Å². The number of hydrogen-bond donors (Lipinski definition) is 0. The van der Waals surface area contributed by atoms with E-state index in [1.807, 2.05) is 30.2 Å². The Morgan fingerprint density at radius 3 is 2.69 bits per heavy atom. The SMILES string of the molecule is C=CCN(CC(=O)N1CCc2sccc2C1c1ccc(F)cc1)C(=O)CC(C)C. The van der Waals surface area contributed by atoms with Crippen molar-refractivity contribution in [1.29, 1.82) is 0 Å². The second-order valence-corrected chi connectivity index (χ2v) is 8.75. The summed E-state index contributed by atoms with van der Waals surface area (Å²) in [4.78, 5) is 30.5. The van der Waals surface area contributed by atoms with Crippen LogP contribution in [0, 0.1) is 11.7 Å². The largest absolute Gasteiger partial charge is 0.330 e. The number of thiophene rings is 1. The topological polar surface area (TPSA) is 40.6 Å². The lowest BCUT2D eigenvalue weighted by molar-refractivity contribution is -0.141. The molecule has 0 bridgehead atoms. The molecule has 0 N–H and O–H groups in total. The van der Waals surface area contributed by atoms with E-state index in [-0.39, 0.29) is 36.1 Å². The van der Waals surface area contributed by atoms with E-state index < -0.39 is 0 Å². The molecule has 0 saturated heterocycles. The highest BCUT2D eigenvalue weighted by Crippen LogP contribution is 2.37. The third-order valence-electron chi connectivity index (χ3n) is 5.08. The van der Waals surface area contributed by atoms with Gasteiger partial charge in [-0.15, -0.1) is 17.9 Å². The van der Waals surface area contributed by atoms with E-state index in [2.05, 4.69) is 6.58 Å². The summed E-state index contributed by atoms with van der Waals surface area (Å²) in [5.41, 5.74) is 1.97. The van der Waals surface area contributed by atoms with Gasteiger partial charge in [-0.1, -0.05) is 32.1 Å². The van der Waals surface area contributed by atoms with Crippen molar-refractivity contribution in [1.82, 2.24) is 9.80 Å². The molecule has 0 saturated carbocycles. The first-order valence-electron chi connectivity index (χ1n) is 9.90. The van der Waals surface area contributed by atoms with Crippen LogP contribution in [0.15, 0.2) is 48.4 Å². The fourth-order valence-electron chi connectivity index (χ4n) is 3.73. The summed E-state index contributed by atoms with van der Waals surface area (Å²) in [7, 11) is 0. The minimum Gasteiger partial charge on any atom is -0.330 e. The average Bonchev–Trinajstić information content (AvgIpc) is 3.16. The predicted molar refractivity (Wildman–Crippen MR) is 114 cm³/mol. The van der Waals surface area contributed by atoms with Gasteiger partial charge in [0, 0.05) is 24.4 Å². The molecular weight excluding hydrogens is 387 g/mol. The lowest BCUT2D eigenvalue weighted by atomic mass is 9.93. The molecule has 4 nitrogen and oxygen atoms in total. The summed E-state index contributed by atoms with van der Waals surface area (Å²) in [6, 6.07) is 8.10. The van der Waals surface area contributed by atoms with E-state index in [0.717, 1.165) is 17.5 Å². The molecule has 1 aromatic carbocycles.